The summed E-state index contributed by atoms with van der Waals surface area (Å²) in [5.41, 5.74) is 0.965. The van der Waals surface area contributed by atoms with E-state index in [4.69, 9.17) is 0 Å². The topological polar surface area (TPSA) is 57.6 Å². The maximum absolute atomic E-state index is 13.9. The molecule has 3 aliphatic rings. The molecule has 0 spiro atoms. The van der Waals surface area contributed by atoms with E-state index in [9.17, 15) is 9.59 Å². The Labute approximate surface area is 214 Å². The Morgan fingerprint density at radius 3 is 2.63 bits per heavy atom. The molecule has 2 aromatic rings. The van der Waals surface area contributed by atoms with Crippen LogP contribution in [0.25, 0.3) is 10.2 Å². The van der Waals surface area contributed by atoms with E-state index in [0.717, 1.165) is 54.7 Å². The number of thiophene rings is 1. The Hall–Kier alpha value is -1.86. The van der Waals surface area contributed by atoms with Crippen LogP contribution in [-0.2, 0) is 17.8 Å². The second kappa shape index (κ2) is 10.3. The Balaban J connectivity index is 1.40. The first-order chi connectivity index (χ1) is 16.9. The molecule has 1 aliphatic carbocycles. The van der Waals surface area contributed by atoms with Gasteiger partial charge in [0.1, 0.15) is 11.2 Å². The van der Waals surface area contributed by atoms with Crippen LogP contribution in [0.5, 0.6) is 0 Å². The summed E-state index contributed by atoms with van der Waals surface area (Å²) >= 11 is 1.77. The van der Waals surface area contributed by atoms with Gasteiger partial charge in [0.15, 0.2) is 0 Å². The highest BCUT2D eigenvalue weighted by molar-refractivity contribution is 7.19. The molecule has 2 amide bonds. The summed E-state index contributed by atoms with van der Waals surface area (Å²) in [4.78, 5) is 33.6. The zero-order chi connectivity index (χ0) is 24.6. The monoisotopic (exact) mass is 498 g/mol. The van der Waals surface area contributed by atoms with E-state index < -0.39 is 5.54 Å². The van der Waals surface area contributed by atoms with Crippen molar-refractivity contribution in [3.8, 4) is 0 Å². The fraction of sp³-hybridized carbons (Fsp3) is 0.714. The lowest BCUT2D eigenvalue weighted by molar-refractivity contribution is -0.133. The molecule has 0 radical (unpaired) electrons. The molecular formula is C28H42N4O2S. The lowest BCUT2D eigenvalue weighted by Gasteiger charge is -2.45. The van der Waals surface area contributed by atoms with Crippen molar-refractivity contribution in [2.24, 2.45) is 0 Å². The molecule has 2 aromatic heterocycles. The molecule has 2 atom stereocenters. The Bertz CT molecular complexity index is 1070. The number of fused-ring (bicyclic) bond motifs is 3. The molecule has 7 heteroatoms. The molecular weight excluding hydrogens is 456 g/mol. The van der Waals surface area contributed by atoms with Gasteiger partial charge in [-0.15, -0.1) is 11.3 Å². The number of piperidine rings is 1. The SMILES string of the molecule is CCc1cc2c(cc3n2C[C@@](C)(C(=O)NC2CCCCC2)N(CCCN2CCCC[C@H]2C)C3=O)s1. The number of likely N-dealkylation sites (tertiary alicyclic amines) is 1. The van der Waals surface area contributed by atoms with Gasteiger partial charge in [-0.05, 0) is 71.0 Å². The van der Waals surface area contributed by atoms with Crippen LogP contribution in [0.4, 0.5) is 0 Å². The second-order valence-corrected chi connectivity index (χ2v) is 12.4. The van der Waals surface area contributed by atoms with Crippen LogP contribution in [0, 0.1) is 0 Å². The summed E-state index contributed by atoms with van der Waals surface area (Å²) in [5, 5.41) is 3.36. The van der Waals surface area contributed by atoms with Crippen LogP contribution in [0.15, 0.2) is 12.1 Å². The van der Waals surface area contributed by atoms with Gasteiger partial charge in [0, 0.05) is 30.1 Å². The van der Waals surface area contributed by atoms with E-state index >= 15 is 0 Å². The molecule has 0 aromatic carbocycles. The Kier molecular flexibility index (Phi) is 7.27. The van der Waals surface area contributed by atoms with Gasteiger partial charge in [0.05, 0.1) is 16.8 Å². The van der Waals surface area contributed by atoms with Gasteiger partial charge in [-0.2, -0.15) is 0 Å². The summed E-state index contributed by atoms with van der Waals surface area (Å²) < 4.78 is 3.28. The molecule has 192 valence electrons. The smallest absolute Gasteiger partial charge is 0.271 e. The minimum atomic E-state index is -0.880. The first-order valence-electron chi connectivity index (χ1n) is 13.9. The number of aromatic nitrogens is 1. The molecule has 4 heterocycles. The molecule has 35 heavy (non-hydrogen) atoms. The molecule has 2 fully saturated rings. The summed E-state index contributed by atoms with van der Waals surface area (Å²) in [7, 11) is 0. The van der Waals surface area contributed by atoms with Crippen LogP contribution in [0.1, 0.15) is 93.9 Å². The Morgan fingerprint density at radius 2 is 1.89 bits per heavy atom. The molecule has 2 aliphatic heterocycles. The van der Waals surface area contributed by atoms with Crippen molar-refractivity contribution in [3.05, 3.63) is 22.7 Å². The molecule has 6 nitrogen and oxygen atoms in total. The third kappa shape index (κ3) is 4.78. The van der Waals surface area contributed by atoms with Crippen molar-refractivity contribution in [2.45, 2.75) is 109 Å². The summed E-state index contributed by atoms with van der Waals surface area (Å²) in [5.74, 6) is 0.0215. The van der Waals surface area contributed by atoms with Crippen molar-refractivity contribution in [2.75, 3.05) is 19.6 Å². The average Bonchev–Trinajstić information content (AvgIpc) is 3.41. The van der Waals surface area contributed by atoms with E-state index in [1.165, 1.54) is 43.4 Å². The summed E-state index contributed by atoms with van der Waals surface area (Å²) in [6.45, 7) is 9.76. The zero-order valence-electron chi connectivity index (χ0n) is 21.8. The van der Waals surface area contributed by atoms with E-state index in [0.29, 0.717) is 19.1 Å². The number of rotatable bonds is 7. The molecule has 1 saturated heterocycles. The molecule has 0 bridgehead atoms. The Morgan fingerprint density at radius 1 is 1.11 bits per heavy atom. The number of aryl methyl sites for hydroxylation is 1. The maximum Gasteiger partial charge on any atom is 0.271 e. The number of nitrogens with one attached hydrogen (secondary N) is 1. The number of hydrogen-bond acceptors (Lipinski definition) is 4. The first kappa shape index (κ1) is 24.8. The van der Waals surface area contributed by atoms with Gasteiger partial charge >= 0.3 is 0 Å². The molecule has 0 unspecified atom stereocenters. The van der Waals surface area contributed by atoms with Crippen molar-refractivity contribution in [1.82, 2.24) is 19.7 Å². The molecule has 1 saturated carbocycles. The van der Waals surface area contributed by atoms with Gasteiger partial charge in [-0.1, -0.05) is 32.6 Å². The highest BCUT2D eigenvalue weighted by Crippen LogP contribution is 2.36. The number of carbonyl (C=O) groups is 2. The highest BCUT2D eigenvalue weighted by Gasteiger charge is 2.48. The predicted molar refractivity (Wildman–Crippen MR) is 143 cm³/mol. The zero-order valence-corrected chi connectivity index (χ0v) is 22.6. The average molecular weight is 499 g/mol. The fourth-order valence-electron chi connectivity index (χ4n) is 6.42. The highest BCUT2D eigenvalue weighted by atomic mass is 32.1. The van der Waals surface area contributed by atoms with E-state index in [1.54, 1.807) is 11.3 Å². The lowest BCUT2D eigenvalue weighted by atomic mass is 9.91. The van der Waals surface area contributed by atoms with Gasteiger partial charge in [0.2, 0.25) is 5.91 Å². The van der Waals surface area contributed by atoms with E-state index in [1.807, 2.05) is 11.8 Å². The number of hydrogen-bond donors (Lipinski definition) is 1. The first-order valence-corrected chi connectivity index (χ1v) is 14.7. The number of amides is 2. The predicted octanol–water partition coefficient (Wildman–Crippen LogP) is 5.19. The number of carbonyl (C=O) groups excluding carboxylic acids is 2. The van der Waals surface area contributed by atoms with Crippen LogP contribution in [0.2, 0.25) is 0 Å². The molecule has 5 rings (SSSR count). The quantitative estimate of drug-likeness (QED) is 0.571. The van der Waals surface area contributed by atoms with Crippen molar-refractivity contribution < 1.29 is 9.59 Å². The normalized spacial score (nSPS) is 26.3. The van der Waals surface area contributed by atoms with Crippen LogP contribution in [0.3, 0.4) is 0 Å². The van der Waals surface area contributed by atoms with Gasteiger partial charge in [-0.3, -0.25) is 9.59 Å². The third-order valence-corrected chi connectivity index (χ3v) is 9.93. The second-order valence-electron chi connectivity index (χ2n) is 11.2. The minimum Gasteiger partial charge on any atom is -0.351 e. The van der Waals surface area contributed by atoms with Gasteiger partial charge in [0.25, 0.3) is 5.91 Å². The van der Waals surface area contributed by atoms with Gasteiger partial charge in [-0.25, -0.2) is 0 Å². The van der Waals surface area contributed by atoms with E-state index in [2.05, 4.69) is 40.8 Å². The van der Waals surface area contributed by atoms with Crippen molar-refractivity contribution in [3.63, 3.8) is 0 Å². The lowest BCUT2D eigenvalue weighted by Crippen LogP contribution is -2.65. The fourth-order valence-corrected chi connectivity index (χ4v) is 7.46. The van der Waals surface area contributed by atoms with Crippen LogP contribution >= 0.6 is 11.3 Å². The van der Waals surface area contributed by atoms with Crippen LogP contribution < -0.4 is 5.32 Å². The maximum atomic E-state index is 13.9. The van der Waals surface area contributed by atoms with Crippen molar-refractivity contribution in [1.29, 1.82) is 0 Å². The third-order valence-electron chi connectivity index (χ3n) is 8.71. The van der Waals surface area contributed by atoms with Gasteiger partial charge < -0.3 is 19.7 Å². The van der Waals surface area contributed by atoms with Crippen molar-refractivity contribution >= 4 is 33.4 Å². The largest absolute Gasteiger partial charge is 0.351 e. The minimum absolute atomic E-state index is 0.00526. The number of nitrogens with zero attached hydrogens (tertiary/aromatic N) is 3. The molecule has 1 N–H and O–H groups in total. The standard InChI is InChI=1S/C28H42N4O2S/c1-4-22-17-23-25(35-22)18-24-26(33)32(16-10-15-30-14-9-8-11-20(30)2)28(3,19-31(23)24)27(34)29-21-12-6-5-7-13-21/h17-18,20-21H,4-16,19H2,1-3H3,(H,29,34)/t20-,28+/m1/s1. The summed E-state index contributed by atoms with van der Waals surface area (Å²) in [6, 6.07) is 5.11. The van der Waals surface area contributed by atoms with Crippen LogP contribution in [-0.4, -0.2) is 63.4 Å². The summed E-state index contributed by atoms with van der Waals surface area (Å²) in [6.07, 6.45) is 11.4. The van der Waals surface area contributed by atoms with E-state index in [-0.39, 0.29) is 17.9 Å².